The fourth-order valence-electron chi connectivity index (χ4n) is 6.82. The predicted molar refractivity (Wildman–Crippen MR) is 212 cm³/mol. The van der Waals surface area contributed by atoms with Gasteiger partial charge in [-0.25, -0.2) is 4.79 Å². The molecule has 0 saturated carbocycles. The lowest BCUT2D eigenvalue weighted by atomic mass is 9.98. The highest BCUT2D eigenvalue weighted by atomic mass is 35.5. The normalized spacial score (nSPS) is 16.4. The van der Waals surface area contributed by atoms with E-state index in [1.807, 2.05) is 13.8 Å². The number of unbranched alkanes of at least 4 members (excludes halogenated alkanes) is 3. The molecule has 1 aliphatic heterocycles. The van der Waals surface area contributed by atoms with Crippen molar-refractivity contribution in [2.24, 2.45) is 11.7 Å². The van der Waals surface area contributed by atoms with Crippen LogP contribution in [0.5, 0.6) is 11.5 Å². The van der Waals surface area contributed by atoms with Gasteiger partial charge in [0.25, 0.3) is 0 Å². The summed E-state index contributed by atoms with van der Waals surface area (Å²) in [6.45, 7) is 4.00. The summed E-state index contributed by atoms with van der Waals surface area (Å²) < 4.78 is 0. The van der Waals surface area contributed by atoms with Crippen LogP contribution >= 0.6 is 23.2 Å². The van der Waals surface area contributed by atoms with Crippen LogP contribution in [0.15, 0.2) is 48.5 Å². The van der Waals surface area contributed by atoms with Gasteiger partial charge in [0, 0.05) is 38.9 Å². The number of carboxylic acids is 1. The summed E-state index contributed by atoms with van der Waals surface area (Å²) in [6.07, 6.45) is 5.98. The molecule has 304 valence electrons. The van der Waals surface area contributed by atoms with E-state index >= 15 is 0 Å². The molecule has 0 bridgehead atoms. The summed E-state index contributed by atoms with van der Waals surface area (Å²) in [4.78, 5) is 70.0. The minimum Gasteiger partial charge on any atom is -0.508 e. The third kappa shape index (κ3) is 15.2. The molecule has 1 saturated heterocycles. The number of alkyl halides is 2. The van der Waals surface area contributed by atoms with Crippen LogP contribution in [-0.2, 0) is 36.8 Å². The molecule has 2 aromatic carbocycles. The Morgan fingerprint density at radius 1 is 0.855 bits per heavy atom. The number of rotatable bonds is 22. The van der Waals surface area contributed by atoms with Crippen LogP contribution in [0.2, 0.25) is 0 Å². The quantitative estimate of drug-likeness (QED) is 0.0723. The van der Waals surface area contributed by atoms with E-state index in [-0.39, 0.29) is 54.5 Å². The lowest BCUT2D eigenvalue weighted by Crippen LogP contribution is -2.59. The van der Waals surface area contributed by atoms with E-state index in [1.165, 1.54) is 41.1 Å². The van der Waals surface area contributed by atoms with Crippen LogP contribution < -0.4 is 16.4 Å². The van der Waals surface area contributed by atoms with Gasteiger partial charge in [0.2, 0.25) is 23.6 Å². The van der Waals surface area contributed by atoms with Crippen molar-refractivity contribution in [1.82, 2.24) is 20.4 Å². The van der Waals surface area contributed by atoms with E-state index in [0.717, 1.165) is 25.7 Å². The fraction of sp³-hybridized carbons (Fsp3) is 0.575. The third-order valence-electron chi connectivity index (χ3n) is 9.83. The fourth-order valence-corrected chi connectivity index (χ4v) is 7.13. The number of phenols is 2. The van der Waals surface area contributed by atoms with Crippen LogP contribution in [-0.4, -0.2) is 103 Å². The second kappa shape index (κ2) is 22.5. The van der Waals surface area contributed by atoms with Crippen molar-refractivity contribution < 1.29 is 39.3 Å². The van der Waals surface area contributed by atoms with E-state index < -0.39 is 59.8 Å². The predicted octanol–water partition coefficient (Wildman–Crippen LogP) is 4.66. The minimum absolute atomic E-state index is 0.0171. The van der Waals surface area contributed by atoms with Crippen molar-refractivity contribution in [1.29, 1.82) is 0 Å². The van der Waals surface area contributed by atoms with Gasteiger partial charge in [-0.3, -0.25) is 19.2 Å². The zero-order valence-electron chi connectivity index (χ0n) is 32.0. The summed E-state index contributed by atoms with van der Waals surface area (Å²) >= 11 is 11.6. The number of amides is 4. The minimum atomic E-state index is -1.13. The highest BCUT2D eigenvalue weighted by Gasteiger charge is 2.41. The first-order valence-corrected chi connectivity index (χ1v) is 19.9. The zero-order chi connectivity index (χ0) is 40.7. The Labute approximate surface area is 333 Å². The number of carboxylic acid groups (broad SMARTS) is 1. The lowest BCUT2D eigenvalue weighted by molar-refractivity contribution is -0.153. The molecule has 3 rings (SSSR count). The van der Waals surface area contributed by atoms with Crippen molar-refractivity contribution >= 4 is 52.8 Å². The van der Waals surface area contributed by atoms with Crippen molar-refractivity contribution in [3.05, 3.63) is 59.7 Å². The zero-order valence-corrected chi connectivity index (χ0v) is 33.5. The second-order valence-corrected chi connectivity index (χ2v) is 16.2. The first-order valence-electron chi connectivity index (χ1n) is 19.0. The maximum atomic E-state index is 14.4. The Hall–Kier alpha value is -4.07. The SMILES string of the molecule is CC(C)C[C@H](NC(=O)[C@H](Cc1ccc(O)cc1)NC(=O)C[C@H](N)CCCCCCC(Cl)Cl)C(=O)N(C)[C@@H](Cc1ccc(O)cc1)C(=O)N1CCCC1C(=O)O. The molecule has 0 radical (unpaired) electrons. The topological polar surface area (TPSA) is 203 Å². The lowest BCUT2D eigenvalue weighted by Gasteiger charge is -2.35. The summed E-state index contributed by atoms with van der Waals surface area (Å²) in [6, 6.07) is 7.62. The molecular formula is C40H57Cl2N5O8. The highest BCUT2D eigenvalue weighted by molar-refractivity contribution is 6.44. The van der Waals surface area contributed by atoms with Gasteiger partial charge in [-0.2, -0.15) is 0 Å². The molecule has 1 aliphatic rings. The monoisotopic (exact) mass is 805 g/mol. The van der Waals surface area contributed by atoms with E-state index in [4.69, 9.17) is 28.9 Å². The number of hydrogen-bond donors (Lipinski definition) is 6. The standard InChI is InChI=1S/C40H57Cl2N5O8/c1-25(2)21-32(38(52)46(3)34(23-27-14-18-30(49)19-15-27)39(53)47-20-8-10-33(47)40(54)55)45-37(51)31(22-26-12-16-29(48)17-13-26)44-36(50)24-28(43)9-6-4-5-7-11-35(41)42/h12-19,25,28,31-35,48-49H,4-11,20-24,43H2,1-3H3,(H,44,50)(H,45,51)(H,54,55)/t28-,31+,32+,33?,34+/m1/s1. The Balaban J connectivity index is 1.81. The molecule has 1 unspecified atom stereocenters. The molecule has 4 amide bonds. The number of aromatic hydroxyl groups is 2. The van der Waals surface area contributed by atoms with E-state index in [9.17, 15) is 39.3 Å². The average molecular weight is 807 g/mol. The van der Waals surface area contributed by atoms with E-state index in [0.29, 0.717) is 36.8 Å². The van der Waals surface area contributed by atoms with Crippen molar-refractivity contribution in [3.63, 3.8) is 0 Å². The van der Waals surface area contributed by atoms with Crippen LogP contribution in [0.4, 0.5) is 0 Å². The number of nitrogens with two attached hydrogens (primary N) is 1. The maximum Gasteiger partial charge on any atom is 0.326 e. The number of nitrogens with one attached hydrogen (secondary N) is 2. The van der Waals surface area contributed by atoms with Crippen LogP contribution in [0.25, 0.3) is 0 Å². The van der Waals surface area contributed by atoms with Gasteiger partial charge in [-0.1, -0.05) is 63.8 Å². The second-order valence-electron chi connectivity index (χ2n) is 14.9. The Bertz CT molecular complexity index is 1560. The number of likely N-dealkylation sites (N-methyl/N-ethyl adjacent to an activating group) is 1. The van der Waals surface area contributed by atoms with Crippen LogP contribution in [0.1, 0.15) is 89.2 Å². The number of hydrogen-bond acceptors (Lipinski definition) is 8. The van der Waals surface area contributed by atoms with Gasteiger partial charge in [0.1, 0.15) is 40.5 Å². The van der Waals surface area contributed by atoms with Crippen molar-refractivity contribution in [3.8, 4) is 11.5 Å². The number of phenolic OH excluding ortho intramolecular Hbond substituents is 2. The van der Waals surface area contributed by atoms with E-state index in [1.54, 1.807) is 24.3 Å². The number of benzene rings is 2. The number of halogens is 2. The molecule has 0 spiro atoms. The number of carbonyl (C=O) groups excluding carboxylic acids is 4. The first kappa shape index (κ1) is 45.3. The largest absolute Gasteiger partial charge is 0.508 e. The molecule has 7 N–H and O–H groups in total. The van der Waals surface area contributed by atoms with Gasteiger partial charge >= 0.3 is 5.97 Å². The molecule has 0 aromatic heterocycles. The number of aliphatic carboxylic acids is 1. The average Bonchev–Trinajstić information content (AvgIpc) is 3.63. The van der Waals surface area contributed by atoms with Gasteiger partial charge in [-0.05, 0) is 73.4 Å². The Kier molecular flexibility index (Phi) is 18.5. The molecule has 15 heteroatoms. The molecular weight excluding hydrogens is 749 g/mol. The number of nitrogens with zero attached hydrogens (tertiary/aromatic N) is 2. The molecule has 5 atom stereocenters. The van der Waals surface area contributed by atoms with Crippen molar-refractivity contribution in [2.45, 2.75) is 126 Å². The third-order valence-corrected chi connectivity index (χ3v) is 10.3. The molecule has 1 fully saturated rings. The van der Waals surface area contributed by atoms with Gasteiger partial charge < -0.3 is 41.5 Å². The highest BCUT2D eigenvalue weighted by Crippen LogP contribution is 2.23. The van der Waals surface area contributed by atoms with Crippen LogP contribution in [0, 0.1) is 5.92 Å². The summed E-state index contributed by atoms with van der Waals surface area (Å²) in [5.74, 6) is -3.28. The maximum absolute atomic E-state index is 14.4. The smallest absolute Gasteiger partial charge is 0.326 e. The summed E-state index contributed by atoms with van der Waals surface area (Å²) in [5.41, 5.74) is 7.58. The summed E-state index contributed by atoms with van der Waals surface area (Å²) in [5, 5.41) is 35.1. The number of likely N-dealkylation sites (tertiary alicyclic amines) is 1. The first-order chi connectivity index (χ1) is 26.0. The molecule has 1 heterocycles. The van der Waals surface area contributed by atoms with Gasteiger partial charge in [-0.15, -0.1) is 23.2 Å². The molecule has 13 nitrogen and oxygen atoms in total. The van der Waals surface area contributed by atoms with Gasteiger partial charge in [0.15, 0.2) is 0 Å². The summed E-state index contributed by atoms with van der Waals surface area (Å²) in [7, 11) is 1.46. The van der Waals surface area contributed by atoms with Crippen molar-refractivity contribution in [2.75, 3.05) is 13.6 Å². The Morgan fingerprint density at radius 3 is 1.96 bits per heavy atom. The Morgan fingerprint density at radius 2 is 1.42 bits per heavy atom. The molecule has 2 aromatic rings. The van der Waals surface area contributed by atoms with E-state index in [2.05, 4.69) is 10.6 Å². The molecule has 55 heavy (non-hydrogen) atoms. The number of carbonyl (C=O) groups is 5. The van der Waals surface area contributed by atoms with Crippen LogP contribution in [0.3, 0.4) is 0 Å². The molecule has 0 aliphatic carbocycles. The van der Waals surface area contributed by atoms with Gasteiger partial charge in [0.05, 0.1) is 0 Å².